The summed E-state index contributed by atoms with van der Waals surface area (Å²) in [5.41, 5.74) is 0.181. The number of rotatable bonds is 9. The molecule has 12 nitrogen and oxygen atoms in total. The molecule has 1 amide bonds. The minimum absolute atomic E-state index is 0. The summed E-state index contributed by atoms with van der Waals surface area (Å²) >= 11 is 0. The first kappa shape index (κ1) is 28.8. The zero-order valence-corrected chi connectivity index (χ0v) is 20.0. The third kappa shape index (κ3) is 5.80. The quantitative estimate of drug-likeness (QED) is 0.252. The summed E-state index contributed by atoms with van der Waals surface area (Å²) in [5.74, 6) is -7.96. The number of aliphatic carboxylic acids is 1. The number of carbonyl (C=O) groups is 2. The summed E-state index contributed by atoms with van der Waals surface area (Å²) in [6.07, 6.45) is -7.89. The van der Waals surface area contributed by atoms with Crippen molar-refractivity contribution in [3.05, 3.63) is 11.9 Å². The van der Waals surface area contributed by atoms with Crippen molar-refractivity contribution in [1.29, 1.82) is 0 Å². The number of nitrogens with zero attached hydrogens (tertiary/aromatic N) is 3. The Bertz CT molecular complexity index is 787. The van der Waals surface area contributed by atoms with E-state index in [1.54, 1.807) is 0 Å². The molecule has 1 saturated heterocycles. The number of carboxylic acid groups (broad SMARTS) is 1. The number of halogens is 2. The van der Waals surface area contributed by atoms with Crippen LogP contribution in [0.4, 0.5) is 8.78 Å². The summed E-state index contributed by atoms with van der Waals surface area (Å²) in [5, 5.41) is 50.5. The van der Waals surface area contributed by atoms with Crippen LogP contribution in [0.25, 0.3) is 0 Å². The van der Waals surface area contributed by atoms with Gasteiger partial charge in [-0.3, -0.25) is 4.79 Å². The van der Waals surface area contributed by atoms with Crippen LogP contribution in [0, 0.1) is 5.92 Å². The molecule has 1 aromatic rings. The van der Waals surface area contributed by atoms with Crippen LogP contribution in [0.1, 0.15) is 25.6 Å². The number of aliphatic hydroxyl groups is 3. The zero-order valence-electron chi connectivity index (χ0n) is 18.0. The topological polar surface area (TPSA) is 179 Å². The van der Waals surface area contributed by atoms with E-state index in [0.29, 0.717) is 0 Å². The number of aromatic nitrogens is 3. The molecular weight excluding hydrogens is 449 g/mol. The van der Waals surface area contributed by atoms with Crippen LogP contribution in [-0.2, 0) is 25.7 Å². The molecule has 15 heteroatoms. The van der Waals surface area contributed by atoms with Gasteiger partial charge < -0.3 is 40.0 Å². The fourth-order valence-corrected chi connectivity index (χ4v) is 3.17. The van der Waals surface area contributed by atoms with Crippen molar-refractivity contribution in [1.82, 2.24) is 20.3 Å². The molecule has 1 fully saturated rings. The summed E-state index contributed by atoms with van der Waals surface area (Å²) < 4.78 is 40.7. The van der Waals surface area contributed by atoms with Crippen LogP contribution < -0.4 is 40.0 Å². The maximum atomic E-state index is 15.3. The molecule has 1 aromatic heterocycles. The molecule has 2 rings (SSSR count). The van der Waals surface area contributed by atoms with Crippen molar-refractivity contribution < 1.29 is 77.8 Å². The van der Waals surface area contributed by atoms with Gasteiger partial charge in [0.1, 0.15) is 36.0 Å². The number of alkyl halides is 2. The van der Waals surface area contributed by atoms with Crippen molar-refractivity contribution in [2.75, 3.05) is 13.7 Å². The fourth-order valence-electron chi connectivity index (χ4n) is 3.17. The van der Waals surface area contributed by atoms with Crippen LogP contribution in [0.2, 0.25) is 0 Å². The van der Waals surface area contributed by atoms with Gasteiger partial charge in [0.05, 0.1) is 25.5 Å². The Morgan fingerprint density at radius 1 is 1.44 bits per heavy atom. The van der Waals surface area contributed by atoms with E-state index in [-0.39, 0.29) is 41.9 Å². The second kappa shape index (κ2) is 11.7. The van der Waals surface area contributed by atoms with Crippen molar-refractivity contribution in [2.45, 2.75) is 62.9 Å². The third-order valence-corrected chi connectivity index (χ3v) is 4.87. The second-order valence-corrected chi connectivity index (χ2v) is 7.46. The van der Waals surface area contributed by atoms with Gasteiger partial charge in [0.15, 0.2) is 6.17 Å². The summed E-state index contributed by atoms with van der Waals surface area (Å²) in [6, 6.07) is -3.51. The maximum Gasteiger partial charge on any atom is 1.00 e. The van der Waals surface area contributed by atoms with E-state index in [4.69, 9.17) is 14.6 Å². The molecule has 32 heavy (non-hydrogen) atoms. The van der Waals surface area contributed by atoms with Crippen molar-refractivity contribution in [2.24, 2.45) is 5.92 Å². The molecule has 0 aliphatic carbocycles. The molecule has 1 aliphatic rings. The molecule has 176 valence electrons. The van der Waals surface area contributed by atoms with Gasteiger partial charge in [-0.05, 0) is 0 Å². The van der Waals surface area contributed by atoms with E-state index < -0.39 is 66.8 Å². The van der Waals surface area contributed by atoms with E-state index >= 15 is 8.78 Å². The number of nitrogens with one attached hydrogen (secondary N) is 1. The van der Waals surface area contributed by atoms with Crippen LogP contribution in [0.15, 0.2) is 6.20 Å². The average molecular weight is 474 g/mol. The molecular formula is C17H25F2N4NaO8. The minimum atomic E-state index is -4.07. The van der Waals surface area contributed by atoms with Crippen LogP contribution in [0.3, 0.4) is 0 Å². The molecule has 0 radical (unpaired) electrons. The second-order valence-electron chi connectivity index (χ2n) is 7.46. The van der Waals surface area contributed by atoms with Crippen molar-refractivity contribution >= 4 is 11.9 Å². The van der Waals surface area contributed by atoms with Crippen LogP contribution in [0.5, 0.6) is 0 Å². The smallest absolute Gasteiger partial charge is 0.544 e. The maximum absolute atomic E-state index is 15.3. The first-order valence-electron chi connectivity index (χ1n) is 9.37. The van der Waals surface area contributed by atoms with Gasteiger partial charge in [0.25, 0.3) is 5.85 Å². The van der Waals surface area contributed by atoms with E-state index in [2.05, 4.69) is 15.6 Å². The molecule has 0 aromatic carbocycles. The minimum Gasteiger partial charge on any atom is -0.544 e. The first-order valence-corrected chi connectivity index (χ1v) is 9.37. The standard InChI is InChI=1S/C17H26F2N4O8.Na/c1-7(2)15(27)20-10-11(23-4-8(6-30-3)21-22-23)14(18)17(19,16(28)29)31-13(10)12(26)9(25)5-24;/h4,7,9-14,24-26H,5-6H2,1-3H3,(H,20,27)(H,28,29);/q;+1/p-1. The Labute approximate surface area is 204 Å². The van der Waals surface area contributed by atoms with Gasteiger partial charge in [-0.15, -0.1) is 5.10 Å². The van der Waals surface area contributed by atoms with Crippen molar-refractivity contribution in [3.8, 4) is 0 Å². The van der Waals surface area contributed by atoms with Crippen LogP contribution in [-0.4, -0.2) is 92.3 Å². The Balaban J connectivity index is 0.00000512. The van der Waals surface area contributed by atoms with Gasteiger partial charge in [0, 0.05) is 13.0 Å². The van der Waals surface area contributed by atoms with E-state index in [1.165, 1.54) is 21.0 Å². The summed E-state index contributed by atoms with van der Waals surface area (Å²) in [4.78, 5) is 23.8. The van der Waals surface area contributed by atoms with Gasteiger partial charge in [-0.2, -0.15) is 0 Å². The van der Waals surface area contributed by atoms with Gasteiger partial charge in [-0.1, -0.05) is 19.1 Å². The van der Waals surface area contributed by atoms with Gasteiger partial charge >= 0.3 is 29.6 Å². The predicted octanol–water partition coefficient (Wildman–Crippen LogP) is -6.02. The van der Waals surface area contributed by atoms with E-state index in [0.717, 1.165) is 10.9 Å². The number of hydrogen-bond donors (Lipinski definition) is 4. The van der Waals surface area contributed by atoms with Gasteiger partial charge in [-0.25, -0.2) is 13.5 Å². The molecule has 1 aliphatic heterocycles. The monoisotopic (exact) mass is 474 g/mol. The Hall–Kier alpha value is -1.26. The Morgan fingerprint density at radius 2 is 2.06 bits per heavy atom. The molecule has 0 saturated carbocycles. The number of ether oxygens (including phenoxy) is 2. The van der Waals surface area contributed by atoms with E-state index in [9.17, 15) is 24.9 Å². The molecule has 0 spiro atoms. The number of methoxy groups -OCH3 is 1. The largest absolute Gasteiger partial charge is 1.00 e. The first-order chi connectivity index (χ1) is 14.5. The Morgan fingerprint density at radius 3 is 2.56 bits per heavy atom. The predicted molar refractivity (Wildman–Crippen MR) is 94.3 cm³/mol. The molecule has 2 heterocycles. The molecule has 7 unspecified atom stereocenters. The number of carboxylic acids is 1. The third-order valence-electron chi connectivity index (χ3n) is 4.87. The number of aliphatic hydroxyl groups excluding tert-OH is 3. The fraction of sp³-hybridized carbons (Fsp3) is 0.765. The van der Waals surface area contributed by atoms with Crippen molar-refractivity contribution in [3.63, 3.8) is 0 Å². The summed E-state index contributed by atoms with van der Waals surface area (Å²) in [6.45, 7) is 1.94. The molecule has 7 atom stereocenters. The van der Waals surface area contributed by atoms with Crippen LogP contribution >= 0.6 is 0 Å². The number of carbonyl (C=O) groups excluding carboxylic acids is 2. The number of amides is 1. The zero-order chi connectivity index (χ0) is 23.5. The summed E-state index contributed by atoms with van der Waals surface area (Å²) in [7, 11) is 1.35. The SMILES string of the molecule is COCc1cn(C2C(NC(=O)C(C)C)C(C(O)C(O)CO)OC(F)(C(=O)[O-])C2F)nn1.[Na+]. The molecule has 4 N–H and O–H groups in total. The normalized spacial score (nSPS) is 29.8. The van der Waals surface area contributed by atoms with E-state index in [1.807, 2.05) is 0 Å². The average Bonchev–Trinajstić information content (AvgIpc) is 3.17. The molecule has 0 bridgehead atoms. The van der Waals surface area contributed by atoms with Gasteiger partial charge in [0.2, 0.25) is 5.91 Å². The number of hydrogen-bond acceptors (Lipinski definition) is 10. The Kier molecular flexibility index (Phi) is 10.6.